The van der Waals surface area contributed by atoms with Crippen molar-refractivity contribution < 1.29 is 33.3 Å². The third-order valence-electron chi connectivity index (χ3n) is 6.00. The van der Waals surface area contributed by atoms with Gasteiger partial charge in [0, 0.05) is 30.8 Å². The molecule has 2 aliphatic rings. The van der Waals surface area contributed by atoms with Crippen molar-refractivity contribution in [1.82, 2.24) is 0 Å². The molecule has 1 aliphatic carbocycles. The molecule has 0 aromatic heterocycles. The molecule has 7 nitrogen and oxygen atoms in total. The van der Waals surface area contributed by atoms with Crippen molar-refractivity contribution in [3.63, 3.8) is 0 Å². The van der Waals surface area contributed by atoms with Gasteiger partial charge in [-0.15, -0.1) is 0 Å². The zero-order chi connectivity index (χ0) is 22.5. The van der Waals surface area contributed by atoms with Crippen LogP contribution in [0.25, 0.3) is 11.1 Å². The SMILES string of the molecule is COc1ccc(-c2cccc3c2CCC3=O)c(OCCOC(=O)C2CCOCC2)c1OC. The van der Waals surface area contributed by atoms with Crippen molar-refractivity contribution in [2.24, 2.45) is 5.92 Å². The van der Waals surface area contributed by atoms with Crippen LogP contribution >= 0.6 is 0 Å². The van der Waals surface area contributed by atoms with Gasteiger partial charge in [0.15, 0.2) is 17.3 Å². The van der Waals surface area contributed by atoms with E-state index in [0.29, 0.717) is 56.1 Å². The first-order valence-corrected chi connectivity index (χ1v) is 10.9. The molecule has 1 saturated heterocycles. The van der Waals surface area contributed by atoms with Crippen LogP contribution in [-0.2, 0) is 20.7 Å². The molecule has 1 aliphatic heterocycles. The van der Waals surface area contributed by atoms with E-state index < -0.39 is 0 Å². The van der Waals surface area contributed by atoms with Gasteiger partial charge in [-0.1, -0.05) is 18.2 Å². The number of fused-ring (bicyclic) bond motifs is 1. The van der Waals surface area contributed by atoms with Gasteiger partial charge in [0.05, 0.1) is 20.1 Å². The minimum Gasteiger partial charge on any atom is -0.493 e. The Bertz CT molecular complexity index is 992. The van der Waals surface area contributed by atoms with Gasteiger partial charge in [-0.05, 0) is 42.5 Å². The molecule has 1 fully saturated rings. The van der Waals surface area contributed by atoms with Gasteiger partial charge in [-0.2, -0.15) is 0 Å². The van der Waals surface area contributed by atoms with E-state index >= 15 is 0 Å². The molecule has 0 saturated carbocycles. The van der Waals surface area contributed by atoms with Gasteiger partial charge in [0.2, 0.25) is 5.75 Å². The maximum atomic E-state index is 12.3. The standard InChI is InChI=1S/C25H28O7/c1-28-22-9-7-20(17-4-3-5-19-18(17)6-8-21(19)26)23(24(22)29-2)31-14-15-32-25(27)16-10-12-30-13-11-16/h3-5,7,9,16H,6,8,10-15H2,1-2H3. The molecule has 0 N–H and O–H groups in total. The van der Waals surface area contributed by atoms with Crippen LogP contribution in [0.3, 0.4) is 0 Å². The van der Waals surface area contributed by atoms with Crippen LogP contribution < -0.4 is 14.2 Å². The van der Waals surface area contributed by atoms with Crippen molar-refractivity contribution in [2.45, 2.75) is 25.7 Å². The predicted octanol–water partition coefficient (Wildman–Crippen LogP) is 3.85. The lowest BCUT2D eigenvalue weighted by Gasteiger charge is -2.21. The number of hydrogen-bond acceptors (Lipinski definition) is 7. The highest BCUT2D eigenvalue weighted by Gasteiger charge is 2.26. The van der Waals surface area contributed by atoms with Gasteiger partial charge in [-0.3, -0.25) is 9.59 Å². The number of ether oxygens (including phenoxy) is 5. The highest BCUT2D eigenvalue weighted by atomic mass is 16.6. The number of ketones is 1. The number of hydrogen-bond donors (Lipinski definition) is 0. The van der Waals surface area contributed by atoms with E-state index in [1.807, 2.05) is 30.3 Å². The third kappa shape index (κ3) is 4.43. The normalized spacial score (nSPS) is 15.9. The topological polar surface area (TPSA) is 80.3 Å². The van der Waals surface area contributed by atoms with Gasteiger partial charge >= 0.3 is 5.97 Å². The second-order valence-corrected chi connectivity index (χ2v) is 7.84. The van der Waals surface area contributed by atoms with E-state index in [1.165, 1.54) is 0 Å². The second-order valence-electron chi connectivity index (χ2n) is 7.84. The average Bonchev–Trinajstić information content (AvgIpc) is 3.22. The zero-order valence-electron chi connectivity index (χ0n) is 18.5. The van der Waals surface area contributed by atoms with Crippen molar-refractivity contribution in [3.8, 4) is 28.4 Å². The molecule has 0 amide bonds. The van der Waals surface area contributed by atoms with Gasteiger partial charge in [-0.25, -0.2) is 0 Å². The van der Waals surface area contributed by atoms with Gasteiger partial charge in [0.25, 0.3) is 0 Å². The van der Waals surface area contributed by atoms with E-state index in [1.54, 1.807) is 14.2 Å². The Hall–Kier alpha value is -3.06. The summed E-state index contributed by atoms with van der Waals surface area (Å²) in [5, 5.41) is 0. The Kier molecular flexibility index (Phi) is 6.95. The van der Waals surface area contributed by atoms with Gasteiger partial charge in [0.1, 0.15) is 13.2 Å². The molecule has 2 aromatic carbocycles. The summed E-state index contributed by atoms with van der Waals surface area (Å²) in [6.07, 6.45) is 2.58. The summed E-state index contributed by atoms with van der Waals surface area (Å²) in [7, 11) is 3.12. The van der Waals surface area contributed by atoms with E-state index in [0.717, 1.165) is 22.3 Å². The lowest BCUT2D eigenvalue weighted by molar-refractivity contribution is -0.152. The number of methoxy groups -OCH3 is 2. The fourth-order valence-electron chi connectivity index (χ4n) is 4.33. The molecule has 7 heteroatoms. The van der Waals surface area contributed by atoms with Crippen molar-refractivity contribution in [2.75, 3.05) is 40.6 Å². The maximum absolute atomic E-state index is 12.3. The summed E-state index contributed by atoms with van der Waals surface area (Å²) in [6, 6.07) is 9.46. The second kappa shape index (κ2) is 10.0. The molecule has 170 valence electrons. The summed E-state index contributed by atoms with van der Waals surface area (Å²) in [5.74, 6) is 1.33. The molecule has 32 heavy (non-hydrogen) atoms. The first-order chi connectivity index (χ1) is 15.6. The number of carbonyl (C=O) groups is 2. The number of esters is 1. The lowest BCUT2D eigenvalue weighted by atomic mass is 9.95. The summed E-state index contributed by atoms with van der Waals surface area (Å²) in [5.41, 5.74) is 3.52. The third-order valence-corrected chi connectivity index (χ3v) is 6.00. The summed E-state index contributed by atoms with van der Waals surface area (Å²) in [4.78, 5) is 24.5. The van der Waals surface area contributed by atoms with Crippen LogP contribution in [0.1, 0.15) is 35.2 Å². The average molecular weight is 440 g/mol. The Morgan fingerprint density at radius 2 is 1.72 bits per heavy atom. The predicted molar refractivity (Wildman–Crippen MR) is 118 cm³/mol. The van der Waals surface area contributed by atoms with E-state index in [9.17, 15) is 9.59 Å². The van der Waals surface area contributed by atoms with Crippen molar-refractivity contribution in [1.29, 1.82) is 0 Å². The number of carbonyl (C=O) groups excluding carboxylic acids is 2. The molecule has 0 radical (unpaired) electrons. The van der Waals surface area contributed by atoms with Crippen molar-refractivity contribution in [3.05, 3.63) is 41.5 Å². The Labute approximate surface area is 187 Å². The van der Waals surface area contributed by atoms with Crippen LogP contribution in [0.15, 0.2) is 30.3 Å². The highest BCUT2D eigenvalue weighted by Crippen LogP contribution is 2.46. The summed E-state index contributed by atoms with van der Waals surface area (Å²) in [6.45, 7) is 1.47. The first-order valence-electron chi connectivity index (χ1n) is 10.9. The summed E-state index contributed by atoms with van der Waals surface area (Å²) >= 11 is 0. The van der Waals surface area contributed by atoms with Crippen LogP contribution in [0, 0.1) is 5.92 Å². The fraction of sp³-hybridized carbons (Fsp3) is 0.440. The monoisotopic (exact) mass is 440 g/mol. The lowest BCUT2D eigenvalue weighted by Crippen LogP contribution is -2.26. The molecule has 0 unspecified atom stereocenters. The summed E-state index contributed by atoms with van der Waals surface area (Å²) < 4.78 is 27.9. The largest absolute Gasteiger partial charge is 0.493 e. The van der Waals surface area contributed by atoms with E-state index in [-0.39, 0.29) is 30.9 Å². The highest BCUT2D eigenvalue weighted by molar-refractivity contribution is 6.02. The fourth-order valence-corrected chi connectivity index (χ4v) is 4.33. The van der Waals surface area contributed by atoms with Crippen molar-refractivity contribution >= 4 is 11.8 Å². The zero-order valence-corrected chi connectivity index (χ0v) is 18.5. The minimum absolute atomic E-state index is 0.116. The molecule has 1 heterocycles. The Morgan fingerprint density at radius 3 is 2.47 bits per heavy atom. The van der Waals surface area contributed by atoms with E-state index in [2.05, 4.69) is 0 Å². The molecule has 0 atom stereocenters. The van der Waals surface area contributed by atoms with Crippen LogP contribution in [0.4, 0.5) is 0 Å². The smallest absolute Gasteiger partial charge is 0.309 e. The number of rotatable bonds is 8. The molecule has 0 spiro atoms. The van der Waals surface area contributed by atoms with Gasteiger partial charge < -0.3 is 23.7 Å². The van der Waals surface area contributed by atoms with Crippen LogP contribution in [0.2, 0.25) is 0 Å². The maximum Gasteiger partial charge on any atom is 0.309 e. The quantitative estimate of drug-likeness (QED) is 0.456. The first kappa shape index (κ1) is 22.1. The number of benzene rings is 2. The molecular weight excluding hydrogens is 412 g/mol. The molecular formula is C25H28O7. The van der Waals surface area contributed by atoms with E-state index in [4.69, 9.17) is 23.7 Å². The minimum atomic E-state index is -0.214. The molecule has 4 rings (SSSR count). The van der Waals surface area contributed by atoms with Crippen LogP contribution in [0.5, 0.6) is 17.2 Å². The number of Topliss-reactive ketones (excluding diaryl/α,β-unsaturated/α-hetero) is 1. The molecule has 2 aromatic rings. The van der Waals surface area contributed by atoms with Crippen LogP contribution in [-0.4, -0.2) is 52.4 Å². The Balaban J connectivity index is 1.55. The molecule has 0 bridgehead atoms. The Morgan fingerprint density at radius 1 is 0.938 bits per heavy atom.